The largest absolute Gasteiger partial charge is 0.352 e. The number of benzene rings is 1. The van der Waals surface area contributed by atoms with Crippen LogP contribution < -0.4 is 11.2 Å². The summed E-state index contributed by atoms with van der Waals surface area (Å²) in [6.45, 7) is 0. The number of fused-ring (bicyclic) bond motifs is 1. The first-order valence-corrected chi connectivity index (χ1v) is 5.95. The van der Waals surface area contributed by atoms with Crippen LogP contribution in [0.2, 0.25) is 0 Å². The van der Waals surface area contributed by atoms with E-state index in [4.69, 9.17) is 0 Å². The minimum absolute atomic E-state index is 0.128. The van der Waals surface area contributed by atoms with E-state index in [0.29, 0.717) is 5.82 Å². The van der Waals surface area contributed by atoms with E-state index in [9.17, 15) is 9.59 Å². The van der Waals surface area contributed by atoms with Gasteiger partial charge in [-0.3, -0.25) is 9.36 Å². The van der Waals surface area contributed by atoms with Crippen molar-refractivity contribution in [1.82, 2.24) is 24.3 Å². The molecule has 100 valence electrons. The Kier molecular flexibility index (Phi) is 2.67. The monoisotopic (exact) mass is 269 g/mol. The van der Waals surface area contributed by atoms with Crippen molar-refractivity contribution in [3.63, 3.8) is 0 Å². The Hall–Kier alpha value is -2.83. The molecule has 20 heavy (non-hydrogen) atoms. The van der Waals surface area contributed by atoms with Crippen LogP contribution in [-0.4, -0.2) is 24.3 Å². The predicted molar refractivity (Wildman–Crippen MR) is 72.4 cm³/mol. The van der Waals surface area contributed by atoms with Gasteiger partial charge in [-0.2, -0.15) is 10.1 Å². The van der Waals surface area contributed by atoms with E-state index in [0.717, 1.165) is 10.1 Å². The second-order valence-electron chi connectivity index (χ2n) is 4.36. The number of rotatable bonds is 1. The van der Waals surface area contributed by atoms with E-state index in [2.05, 4.69) is 15.1 Å². The summed E-state index contributed by atoms with van der Waals surface area (Å²) in [7, 11) is 3.00. The topological polar surface area (TPSA) is 82.7 Å². The van der Waals surface area contributed by atoms with Crippen LogP contribution in [0.15, 0.2) is 39.9 Å². The number of aromatic nitrogens is 5. The summed E-state index contributed by atoms with van der Waals surface area (Å²) in [5.41, 5.74) is -0.175. The highest BCUT2D eigenvalue weighted by molar-refractivity contribution is 5.59. The molecule has 0 saturated carbocycles. The van der Waals surface area contributed by atoms with Crippen LogP contribution in [0.5, 0.6) is 0 Å². The highest BCUT2D eigenvalue weighted by Gasteiger charge is 2.18. The fraction of sp³-hybridized carbons (Fsp3) is 0.154. The maximum Gasteiger partial charge on any atom is 0.352 e. The molecule has 0 unspecified atom stereocenters. The summed E-state index contributed by atoms with van der Waals surface area (Å²) < 4.78 is 2.33. The summed E-state index contributed by atoms with van der Waals surface area (Å²) in [5, 5.41) is 4.24. The Balaban J connectivity index is 2.38. The number of hydrogen-bond donors (Lipinski definition) is 0. The zero-order valence-electron chi connectivity index (χ0n) is 10.9. The lowest BCUT2D eigenvalue weighted by atomic mass is 10.2. The molecule has 3 rings (SSSR count). The summed E-state index contributed by atoms with van der Waals surface area (Å²) in [5.74, 6) is 0.593. The highest BCUT2D eigenvalue weighted by Crippen LogP contribution is 2.17. The van der Waals surface area contributed by atoms with Crippen LogP contribution in [-0.2, 0) is 14.1 Å². The fourth-order valence-corrected chi connectivity index (χ4v) is 1.91. The number of nitrogens with zero attached hydrogens (tertiary/aromatic N) is 5. The quantitative estimate of drug-likeness (QED) is 0.623. The third-order valence-electron chi connectivity index (χ3n) is 3.01. The molecule has 0 N–H and O–H groups in total. The Bertz CT molecular complexity index is 866. The standard InChI is InChI=1S/C13H11N5O2/c1-17-12(19)9-11(15-13(17)20)18(2)16-10(14-9)8-6-4-3-5-7-8/h3-7H,1-2H3. The fourth-order valence-electron chi connectivity index (χ4n) is 1.91. The van der Waals surface area contributed by atoms with Gasteiger partial charge in [-0.25, -0.2) is 14.5 Å². The normalized spacial score (nSPS) is 10.9. The highest BCUT2D eigenvalue weighted by atomic mass is 16.2. The molecular weight excluding hydrogens is 258 g/mol. The predicted octanol–water partition coefficient (Wildman–Crippen LogP) is 0.0408. The molecule has 2 aliphatic rings. The SMILES string of the molecule is Cn1nc(-c2ccccc2)nc2c(=O)n(C)c(=O)nc1-2. The van der Waals surface area contributed by atoms with Crippen LogP contribution in [0.4, 0.5) is 0 Å². The lowest BCUT2D eigenvalue weighted by Crippen LogP contribution is -2.36. The van der Waals surface area contributed by atoms with Gasteiger partial charge in [-0.05, 0) is 0 Å². The first-order chi connectivity index (χ1) is 9.58. The average Bonchev–Trinajstić information content (AvgIpc) is 2.47. The van der Waals surface area contributed by atoms with Gasteiger partial charge in [0.25, 0.3) is 5.56 Å². The maximum atomic E-state index is 12.1. The molecule has 1 aromatic rings. The molecule has 1 aromatic carbocycles. The number of aryl methyl sites for hydroxylation is 1. The number of hydrogen-bond acceptors (Lipinski definition) is 5. The van der Waals surface area contributed by atoms with Crippen molar-refractivity contribution in [3.8, 4) is 22.9 Å². The van der Waals surface area contributed by atoms with Gasteiger partial charge in [-0.15, -0.1) is 0 Å². The average molecular weight is 269 g/mol. The van der Waals surface area contributed by atoms with E-state index in [-0.39, 0.29) is 11.5 Å². The van der Waals surface area contributed by atoms with Crippen LogP contribution in [0.3, 0.4) is 0 Å². The van der Waals surface area contributed by atoms with Gasteiger partial charge >= 0.3 is 5.69 Å². The molecule has 0 radical (unpaired) electrons. The molecule has 0 spiro atoms. The molecule has 2 heterocycles. The molecule has 0 fully saturated rings. The summed E-state index contributed by atoms with van der Waals surface area (Å²) in [4.78, 5) is 31.7. The molecule has 0 aromatic heterocycles. The molecule has 0 amide bonds. The summed E-state index contributed by atoms with van der Waals surface area (Å²) >= 11 is 0. The van der Waals surface area contributed by atoms with E-state index in [1.807, 2.05) is 30.3 Å². The smallest absolute Gasteiger partial charge is 0.267 e. The van der Waals surface area contributed by atoms with Gasteiger partial charge < -0.3 is 0 Å². The second-order valence-corrected chi connectivity index (χ2v) is 4.36. The van der Waals surface area contributed by atoms with Gasteiger partial charge in [0, 0.05) is 19.7 Å². The van der Waals surface area contributed by atoms with Crippen molar-refractivity contribution in [3.05, 3.63) is 51.2 Å². The van der Waals surface area contributed by atoms with Gasteiger partial charge in [0.2, 0.25) is 0 Å². The molecule has 0 aliphatic carbocycles. The lowest BCUT2D eigenvalue weighted by molar-refractivity contribution is 0.678. The Morgan fingerprint density at radius 2 is 1.70 bits per heavy atom. The van der Waals surface area contributed by atoms with Crippen LogP contribution in [0.25, 0.3) is 22.9 Å². The Morgan fingerprint density at radius 1 is 1.00 bits per heavy atom. The molecule has 0 atom stereocenters. The van der Waals surface area contributed by atoms with Crippen molar-refractivity contribution in [2.45, 2.75) is 0 Å². The molecule has 0 bridgehead atoms. The summed E-state index contributed by atoms with van der Waals surface area (Å²) in [6.07, 6.45) is 0. The third-order valence-corrected chi connectivity index (χ3v) is 3.01. The first-order valence-electron chi connectivity index (χ1n) is 5.95. The Morgan fingerprint density at radius 3 is 2.40 bits per heavy atom. The lowest BCUT2D eigenvalue weighted by Gasteiger charge is -2.10. The van der Waals surface area contributed by atoms with Crippen molar-refractivity contribution >= 4 is 0 Å². The second kappa shape index (κ2) is 4.37. The third kappa shape index (κ3) is 1.80. The molecule has 7 heteroatoms. The molecular formula is C13H11N5O2. The Labute approximate surface area is 113 Å². The zero-order valence-corrected chi connectivity index (χ0v) is 10.9. The summed E-state index contributed by atoms with van der Waals surface area (Å²) in [6, 6.07) is 9.30. The van der Waals surface area contributed by atoms with E-state index < -0.39 is 11.2 Å². The maximum absolute atomic E-state index is 12.1. The van der Waals surface area contributed by atoms with Crippen molar-refractivity contribution in [2.75, 3.05) is 0 Å². The van der Waals surface area contributed by atoms with Gasteiger partial charge in [0.1, 0.15) is 0 Å². The van der Waals surface area contributed by atoms with Gasteiger partial charge in [0.05, 0.1) is 0 Å². The van der Waals surface area contributed by atoms with Gasteiger partial charge in [0.15, 0.2) is 17.3 Å². The minimum Gasteiger partial charge on any atom is -0.267 e. The molecule has 2 aliphatic heterocycles. The van der Waals surface area contributed by atoms with E-state index in [1.54, 1.807) is 7.05 Å². The van der Waals surface area contributed by atoms with Crippen molar-refractivity contribution < 1.29 is 0 Å². The first kappa shape index (κ1) is 12.2. The van der Waals surface area contributed by atoms with Crippen LogP contribution in [0.1, 0.15) is 0 Å². The molecule has 0 saturated heterocycles. The van der Waals surface area contributed by atoms with Gasteiger partial charge in [-0.1, -0.05) is 30.3 Å². The van der Waals surface area contributed by atoms with E-state index >= 15 is 0 Å². The minimum atomic E-state index is -0.617. The van der Waals surface area contributed by atoms with Crippen molar-refractivity contribution in [1.29, 1.82) is 0 Å². The molecule has 7 nitrogen and oxygen atoms in total. The van der Waals surface area contributed by atoms with Crippen LogP contribution >= 0.6 is 0 Å². The van der Waals surface area contributed by atoms with Crippen LogP contribution in [0, 0.1) is 0 Å². The van der Waals surface area contributed by atoms with E-state index in [1.165, 1.54) is 11.7 Å². The zero-order chi connectivity index (χ0) is 14.3. The van der Waals surface area contributed by atoms with Crippen molar-refractivity contribution in [2.24, 2.45) is 14.1 Å².